The third kappa shape index (κ3) is 5.37. The Morgan fingerprint density at radius 1 is 1.10 bits per heavy atom. The van der Waals surface area contributed by atoms with Crippen molar-refractivity contribution in [2.24, 2.45) is 0 Å². The SMILES string of the molecule is CCNC(=O)N1CCC[C@@H](c2cccc(C(=O)N(CC)Cc3ccccc3)c2)C1. The number of nitrogens with one attached hydrogen (secondary N) is 1. The number of amides is 3. The van der Waals surface area contributed by atoms with Crippen LogP contribution in [0.4, 0.5) is 4.79 Å². The van der Waals surface area contributed by atoms with Gasteiger partial charge in [-0.2, -0.15) is 0 Å². The van der Waals surface area contributed by atoms with Crippen molar-refractivity contribution < 1.29 is 9.59 Å². The van der Waals surface area contributed by atoms with Crippen LogP contribution in [0.3, 0.4) is 0 Å². The van der Waals surface area contributed by atoms with Crippen LogP contribution in [-0.2, 0) is 6.54 Å². The number of likely N-dealkylation sites (tertiary alicyclic amines) is 1. The number of hydrogen-bond acceptors (Lipinski definition) is 2. The second kappa shape index (κ2) is 10.1. The number of hydrogen-bond donors (Lipinski definition) is 1. The molecule has 5 heteroatoms. The van der Waals surface area contributed by atoms with Gasteiger partial charge in [0.05, 0.1) is 0 Å². The van der Waals surface area contributed by atoms with E-state index in [0.29, 0.717) is 26.2 Å². The van der Waals surface area contributed by atoms with E-state index in [-0.39, 0.29) is 17.9 Å². The highest BCUT2D eigenvalue weighted by Crippen LogP contribution is 2.28. The van der Waals surface area contributed by atoms with Crippen LogP contribution in [0.1, 0.15) is 54.1 Å². The molecule has 1 aliphatic rings. The summed E-state index contributed by atoms with van der Waals surface area (Å²) in [5.74, 6) is 0.318. The molecule has 0 bridgehead atoms. The van der Waals surface area contributed by atoms with E-state index in [1.165, 1.54) is 0 Å². The molecule has 3 rings (SSSR count). The normalized spacial score (nSPS) is 16.3. The number of urea groups is 1. The van der Waals surface area contributed by atoms with Crippen LogP contribution in [0.5, 0.6) is 0 Å². The Morgan fingerprint density at radius 2 is 1.90 bits per heavy atom. The zero-order valence-electron chi connectivity index (χ0n) is 17.4. The first-order valence-corrected chi connectivity index (χ1v) is 10.6. The van der Waals surface area contributed by atoms with Crippen LogP contribution in [0.25, 0.3) is 0 Å². The van der Waals surface area contributed by atoms with Gasteiger partial charge in [-0.25, -0.2) is 4.79 Å². The molecule has 5 nitrogen and oxygen atoms in total. The van der Waals surface area contributed by atoms with Gasteiger partial charge in [-0.05, 0) is 49.9 Å². The van der Waals surface area contributed by atoms with Crippen LogP contribution in [0.2, 0.25) is 0 Å². The molecular weight excluding hydrogens is 362 g/mol. The first-order valence-electron chi connectivity index (χ1n) is 10.6. The van der Waals surface area contributed by atoms with Gasteiger partial charge in [0.2, 0.25) is 0 Å². The van der Waals surface area contributed by atoms with Crippen molar-refractivity contribution in [1.82, 2.24) is 15.1 Å². The molecule has 154 valence electrons. The molecule has 1 heterocycles. The van der Waals surface area contributed by atoms with Gasteiger partial charge >= 0.3 is 6.03 Å². The Bertz CT molecular complexity index is 822. The van der Waals surface area contributed by atoms with E-state index in [4.69, 9.17) is 0 Å². The van der Waals surface area contributed by atoms with Gasteiger partial charge < -0.3 is 15.1 Å². The number of nitrogens with zero attached hydrogens (tertiary/aromatic N) is 2. The van der Waals surface area contributed by atoms with E-state index in [0.717, 1.165) is 36.1 Å². The lowest BCUT2D eigenvalue weighted by atomic mass is 9.89. The predicted molar refractivity (Wildman–Crippen MR) is 116 cm³/mol. The maximum absolute atomic E-state index is 13.1. The smallest absolute Gasteiger partial charge is 0.317 e. The zero-order valence-corrected chi connectivity index (χ0v) is 17.4. The fraction of sp³-hybridized carbons (Fsp3) is 0.417. The third-order valence-electron chi connectivity index (χ3n) is 5.53. The molecule has 2 aromatic carbocycles. The molecule has 1 fully saturated rings. The quantitative estimate of drug-likeness (QED) is 0.797. The molecular formula is C24H31N3O2. The first-order chi connectivity index (χ1) is 14.1. The maximum atomic E-state index is 13.1. The van der Waals surface area contributed by atoms with Crippen LogP contribution >= 0.6 is 0 Å². The topological polar surface area (TPSA) is 52.7 Å². The Kier molecular flexibility index (Phi) is 7.28. The minimum Gasteiger partial charge on any atom is -0.338 e. The van der Waals surface area contributed by atoms with Crippen molar-refractivity contribution in [1.29, 1.82) is 0 Å². The summed E-state index contributed by atoms with van der Waals surface area (Å²) >= 11 is 0. The van der Waals surface area contributed by atoms with Crippen molar-refractivity contribution in [3.05, 3.63) is 71.3 Å². The van der Waals surface area contributed by atoms with Gasteiger partial charge in [0.15, 0.2) is 0 Å². The highest BCUT2D eigenvalue weighted by atomic mass is 16.2. The molecule has 0 spiro atoms. The molecule has 1 saturated heterocycles. The van der Waals surface area contributed by atoms with Crippen LogP contribution in [-0.4, -0.2) is 47.9 Å². The highest BCUT2D eigenvalue weighted by molar-refractivity contribution is 5.94. The molecule has 0 saturated carbocycles. The van der Waals surface area contributed by atoms with Gasteiger partial charge in [0.1, 0.15) is 0 Å². The largest absolute Gasteiger partial charge is 0.338 e. The minimum atomic E-state index is 0.00412. The summed E-state index contributed by atoms with van der Waals surface area (Å²) in [5, 5.41) is 2.89. The molecule has 0 aliphatic carbocycles. The monoisotopic (exact) mass is 393 g/mol. The lowest BCUT2D eigenvalue weighted by molar-refractivity contribution is 0.0752. The number of carbonyl (C=O) groups excluding carboxylic acids is 2. The van der Waals surface area contributed by atoms with E-state index in [1.54, 1.807) is 0 Å². The van der Waals surface area contributed by atoms with Gasteiger partial charge in [0.25, 0.3) is 5.91 Å². The molecule has 29 heavy (non-hydrogen) atoms. The van der Waals surface area contributed by atoms with E-state index in [1.807, 2.05) is 72.2 Å². The number of carbonyl (C=O) groups is 2. The average molecular weight is 394 g/mol. The van der Waals surface area contributed by atoms with E-state index >= 15 is 0 Å². The van der Waals surface area contributed by atoms with E-state index in [9.17, 15) is 9.59 Å². The standard InChI is InChI=1S/C24H31N3O2/c1-3-25-24(29)27-15-9-14-22(18-27)20-12-8-13-21(16-20)23(28)26(4-2)17-19-10-6-5-7-11-19/h5-8,10-13,16,22H,3-4,9,14-15,17-18H2,1-2H3,(H,25,29)/t22-/m1/s1. The molecule has 1 atom stereocenters. The first kappa shape index (κ1) is 20.9. The van der Waals surface area contributed by atoms with Crippen LogP contribution in [0.15, 0.2) is 54.6 Å². The van der Waals surface area contributed by atoms with Crippen molar-refractivity contribution in [3.63, 3.8) is 0 Å². The highest BCUT2D eigenvalue weighted by Gasteiger charge is 2.25. The van der Waals surface area contributed by atoms with Crippen molar-refractivity contribution in [2.45, 2.75) is 39.2 Å². The van der Waals surface area contributed by atoms with E-state index < -0.39 is 0 Å². The number of piperidine rings is 1. The Morgan fingerprint density at radius 3 is 2.62 bits per heavy atom. The molecule has 0 aromatic heterocycles. The molecule has 0 unspecified atom stereocenters. The van der Waals surface area contributed by atoms with Crippen molar-refractivity contribution in [2.75, 3.05) is 26.2 Å². The Hall–Kier alpha value is -2.82. The summed E-state index contributed by atoms with van der Waals surface area (Å²) in [6.45, 7) is 7.34. The minimum absolute atomic E-state index is 0.00412. The third-order valence-corrected chi connectivity index (χ3v) is 5.53. The Balaban J connectivity index is 1.72. The summed E-state index contributed by atoms with van der Waals surface area (Å²) in [7, 11) is 0. The Labute approximate surface area is 173 Å². The zero-order chi connectivity index (χ0) is 20.6. The molecule has 2 aromatic rings. The molecule has 0 radical (unpaired) electrons. The van der Waals surface area contributed by atoms with Gasteiger partial charge in [-0.15, -0.1) is 0 Å². The molecule has 3 amide bonds. The van der Waals surface area contributed by atoms with Crippen LogP contribution in [0, 0.1) is 0 Å². The van der Waals surface area contributed by atoms with Crippen molar-refractivity contribution in [3.8, 4) is 0 Å². The fourth-order valence-corrected chi connectivity index (χ4v) is 3.94. The summed E-state index contributed by atoms with van der Waals surface area (Å²) in [5.41, 5.74) is 2.99. The van der Waals surface area contributed by atoms with E-state index in [2.05, 4.69) is 11.4 Å². The second-order valence-corrected chi connectivity index (χ2v) is 7.55. The molecule has 1 aliphatic heterocycles. The summed E-state index contributed by atoms with van der Waals surface area (Å²) in [4.78, 5) is 29.1. The lowest BCUT2D eigenvalue weighted by Gasteiger charge is -2.33. The lowest BCUT2D eigenvalue weighted by Crippen LogP contribution is -2.44. The summed E-state index contributed by atoms with van der Waals surface area (Å²) in [6, 6.07) is 18.0. The predicted octanol–water partition coefficient (Wildman–Crippen LogP) is 4.26. The fourth-order valence-electron chi connectivity index (χ4n) is 3.94. The maximum Gasteiger partial charge on any atom is 0.317 e. The van der Waals surface area contributed by atoms with Gasteiger partial charge in [0, 0.05) is 44.2 Å². The summed E-state index contributed by atoms with van der Waals surface area (Å²) in [6.07, 6.45) is 2.02. The van der Waals surface area contributed by atoms with Crippen LogP contribution < -0.4 is 5.32 Å². The van der Waals surface area contributed by atoms with Crippen molar-refractivity contribution >= 4 is 11.9 Å². The average Bonchev–Trinajstić information content (AvgIpc) is 2.78. The molecule has 1 N–H and O–H groups in total. The van der Waals surface area contributed by atoms with Gasteiger partial charge in [-0.3, -0.25) is 4.79 Å². The number of benzene rings is 2. The van der Waals surface area contributed by atoms with Gasteiger partial charge in [-0.1, -0.05) is 42.5 Å². The number of rotatable bonds is 6. The second-order valence-electron chi connectivity index (χ2n) is 7.55. The summed E-state index contributed by atoms with van der Waals surface area (Å²) < 4.78 is 0.